The summed E-state index contributed by atoms with van der Waals surface area (Å²) in [4.78, 5) is 2.49. The van der Waals surface area contributed by atoms with E-state index in [0.717, 1.165) is 23.8 Å². The van der Waals surface area contributed by atoms with Crippen LogP contribution in [-0.2, 0) is 0 Å². The maximum absolute atomic E-state index is 3.69. The summed E-state index contributed by atoms with van der Waals surface area (Å²) in [6, 6.07) is 0.771. The molecular formula is C11H22N2. The fourth-order valence-electron chi connectivity index (χ4n) is 3.03. The first kappa shape index (κ1) is 9.47. The minimum atomic E-state index is 0.771. The summed E-state index contributed by atoms with van der Waals surface area (Å²) >= 11 is 0. The molecule has 2 heteroatoms. The summed E-state index contributed by atoms with van der Waals surface area (Å²) in [7, 11) is 2.26. The fourth-order valence-corrected chi connectivity index (χ4v) is 3.03. The topological polar surface area (TPSA) is 15.3 Å². The van der Waals surface area contributed by atoms with E-state index >= 15 is 0 Å². The highest BCUT2D eigenvalue weighted by molar-refractivity contribution is 4.95. The summed E-state index contributed by atoms with van der Waals surface area (Å²) in [6.07, 6.45) is 1.40. The Hall–Kier alpha value is -0.0800. The highest BCUT2D eigenvalue weighted by atomic mass is 15.1. The molecule has 0 bridgehead atoms. The second kappa shape index (κ2) is 3.58. The van der Waals surface area contributed by atoms with Gasteiger partial charge in [0.1, 0.15) is 0 Å². The molecule has 2 nitrogen and oxygen atoms in total. The van der Waals surface area contributed by atoms with Crippen molar-refractivity contribution in [2.24, 2.45) is 17.8 Å². The van der Waals surface area contributed by atoms with Crippen LogP contribution < -0.4 is 5.32 Å². The molecule has 2 heterocycles. The number of fused-ring (bicyclic) bond motifs is 1. The molecule has 0 aromatic carbocycles. The van der Waals surface area contributed by atoms with Crippen molar-refractivity contribution >= 4 is 0 Å². The third-order valence-corrected chi connectivity index (χ3v) is 3.80. The summed E-state index contributed by atoms with van der Waals surface area (Å²) in [5, 5.41) is 3.69. The minimum absolute atomic E-state index is 0.771. The Kier molecular flexibility index (Phi) is 2.61. The number of hydrogen-bond donors (Lipinski definition) is 1. The van der Waals surface area contributed by atoms with Crippen LogP contribution in [0.3, 0.4) is 0 Å². The number of rotatable bonds is 1. The van der Waals surface area contributed by atoms with Crippen LogP contribution in [0.2, 0.25) is 0 Å². The highest BCUT2D eigenvalue weighted by Crippen LogP contribution is 2.32. The molecule has 3 unspecified atom stereocenters. The van der Waals surface area contributed by atoms with Gasteiger partial charge in [0, 0.05) is 12.6 Å². The van der Waals surface area contributed by atoms with Gasteiger partial charge in [0.2, 0.25) is 0 Å². The van der Waals surface area contributed by atoms with E-state index in [-0.39, 0.29) is 0 Å². The van der Waals surface area contributed by atoms with E-state index in [0.29, 0.717) is 0 Å². The monoisotopic (exact) mass is 182 g/mol. The smallest absolute Gasteiger partial charge is 0.0134 e. The Balaban J connectivity index is 2.02. The van der Waals surface area contributed by atoms with E-state index in [1.165, 1.54) is 26.1 Å². The summed E-state index contributed by atoms with van der Waals surface area (Å²) in [6.45, 7) is 8.55. The molecule has 13 heavy (non-hydrogen) atoms. The Morgan fingerprint density at radius 3 is 2.85 bits per heavy atom. The van der Waals surface area contributed by atoms with Crippen molar-refractivity contribution in [3.05, 3.63) is 0 Å². The lowest BCUT2D eigenvalue weighted by atomic mass is 9.81. The molecule has 3 atom stereocenters. The Bertz CT molecular complexity index is 179. The zero-order chi connectivity index (χ0) is 9.42. The van der Waals surface area contributed by atoms with Crippen LogP contribution >= 0.6 is 0 Å². The van der Waals surface area contributed by atoms with E-state index in [2.05, 4.69) is 31.1 Å². The van der Waals surface area contributed by atoms with Crippen molar-refractivity contribution in [1.82, 2.24) is 10.2 Å². The largest absolute Gasteiger partial charge is 0.313 e. The van der Waals surface area contributed by atoms with Gasteiger partial charge in [-0.3, -0.25) is 0 Å². The molecule has 0 radical (unpaired) electrons. The lowest BCUT2D eigenvalue weighted by molar-refractivity contribution is 0.148. The molecule has 0 amide bonds. The predicted octanol–water partition coefficient (Wildman–Crippen LogP) is 1.18. The molecule has 0 spiro atoms. The first-order valence-electron chi connectivity index (χ1n) is 5.60. The van der Waals surface area contributed by atoms with E-state index < -0.39 is 0 Å². The molecule has 76 valence electrons. The first-order chi connectivity index (χ1) is 6.18. The number of nitrogens with zero attached hydrogens (tertiary/aromatic N) is 1. The van der Waals surface area contributed by atoms with E-state index in [1.54, 1.807) is 0 Å². The van der Waals surface area contributed by atoms with Crippen LogP contribution in [0.5, 0.6) is 0 Å². The minimum Gasteiger partial charge on any atom is -0.313 e. The summed E-state index contributed by atoms with van der Waals surface area (Å²) in [5.41, 5.74) is 0. The van der Waals surface area contributed by atoms with Crippen molar-refractivity contribution in [3.63, 3.8) is 0 Å². The zero-order valence-corrected chi connectivity index (χ0v) is 9.09. The van der Waals surface area contributed by atoms with Gasteiger partial charge in [-0.15, -0.1) is 0 Å². The third-order valence-electron chi connectivity index (χ3n) is 3.80. The van der Waals surface area contributed by atoms with Gasteiger partial charge < -0.3 is 10.2 Å². The highest BCUT2D eigenvalue weighted by Gasteiger charge is 2.39. The van der Waals surface area contributed by atoms with Gasteiger partial charge >= 0.3 is 0 Å². The second-order valence-electron chi connectivity index (χ2n) is 5.15. The van der Waals surface area contributed by atoms with E-state index in [9.17, 15) is 0 Å². The quantitative estimate of drug-likeness (QED) is 0.655. The molecule has 1 N–H and O–H groups in total. The van der Waals surface area contributed by atoms with Crippen molar-refractivity contribution in [1.29, 1.82) is 0 Å². The average molecular weight is 182 g/mol. The van der Waals surface area contributed by atoms with Gasteiger partial charge in [0.15, 0.2) is 0 Å². The standard InChI is InChI=1S/C11H22N2/c1-8(2)11-10-7-13(3)5-4-9(10)6-12-11/h8-12H,4-7H2,1-3H3. The maximum atomic E-state index is 3.69. The number of piperidine rings is 1. The molecule has 2 fully saturated rings. The van der Waals surface area contributed by atoms with Gasteiger partial charge in [-0.05, 0) is 44.3 Å². The summed E-state index contributed by atoms with van der Waals surface area (Å²) < 4.78 is 0. The SMILES string of the molecule is CC(C)C1NCC2CCN(C)CC21. The lowest BCUT2D eigenvalue weighted by Gasteiger charge is -2.35. The van der Waals surface area contributed by atoms with Gasteiger partial charge in [-0.25, -0.2) is 0 Å². The first-order valence-corrected chi connectivity index (χ1v) is 5.60. The molecule has 2 saturated heterocycles. The zero-order valence-electron chi connectivity index (χ0n) is 9.09. The van der Waals surface area contributed by atoms with Gasteiger partial charge in [0.05, 0.1) is 0 Å². The van der Waals surface area contributed by atoms with E-state index in [4.69, 9.17) is 0 Å². The Morgan fingerprint density at radius 1 is 1.38 bits per heavy atom. The average Bonchev–Trinajstić information content (AvgIpc) is 2.46. The number of hydrogen-bond acceptors (Lipinski definition) is 2. The molecule has 0 aromatic rings. The van der Waals surface area contributed by atoms with Crippen molar-refractivity contribution in [3.8, 4) is 0 Å². The van der Waals surface area contributed by atoms with Crippen molar-refractivity contribution in [2.75, 3.05) is 26.7 Å². The normalized spacial score (nSPS) is 41.1. The molecule has 2 rings (SSSR count). The van der Waals surface area contributed by atoms with Crippen LogP contribution in [-0.4, -0.2) is 37.6 Å². The van der Waals surface area contributed by atoms with Crippen molar-refractivity contribution < 1.29 is 0 Å². The lowest BCUT2D eigenvalue weighted by Crippen LogP contribution is -2.42. The molecule has 2 aliphatic rings. The van der Waals surface area contributed by atoms with Gasteiger partial charge in [0.25, 0.3) is 0 Å². The maximum Gasteiger partial charge on any atom is 0.0134 e. The molecule has 0 aromatic heterocycles. The summed E-state index contributed by atoms with van der Waals surface area (Å²) in [5.74, 6) is 2.67. The van der Waals surface area contributed by atoms with Gasteiger partial charge in [-0.1, -0.05) is 13.8 Å². The number of likely N-dealkylation sites (tertiary alicyclic amines) is 1. The second-order valence-corrected chi connectivity index (χ2v) is 5.15. The third kappa shape index (κ3) is 1.75. The van der Waals surface area contributed by atoms with Crippen LogP contribution in [0.1, 0.15) is 20.3 Å². The van der Waals surface area contributed by atoms with Gasteiger partial charge in [-0.2, -0.15) is 0 Å². The Labute approximate surface area is 81.7 Å². The van der Waals surface area contributed by atoms with Crippen LogP contribution in [0.15, 0.2) is 0 Å². The van der Waals surface area contributed by atoms with E-state index in [1.807, 2.05) is 0 Å². The predicted molar refractivity (Wildman–Crippen MR) is 55.7 cm³/mol. The molecule has 0 saturated carbocycles. The molecule has 2 aliphatic heterocycles. The fraction of sp³-hybridized carbons (Fsp3) is 1.00. The Morgan fingerprint density at radius 2 is 2.15 bits per heavy atom. The van der Waals surface area contributed by atoms with Crippen LogP contribution in [0, 0.1) is 17.8 Å². The van der Waals surface area contributed by atoms with Crippen LogP contribution in [0.4, 0.5) is 0 Å². The van der Waals surface area contributed by atoms with Crippen molar-refractivity contribution in [2.45, 2.75) is 26.3 Å². The van der Waals surface area contributed by atoms with Crippen LogP contribution in [0.25, 0.3) is 0 Å². The molecule has 0 aliphatic carbocycles. The molecular weight excluding hydrogens is 160 g/mol. The number of nitrogens with one attached hydrogen (secondary N) is 1.